The Balaban J connectivity index is 1.73. The minimum Gasteiger partial charge on any atom is -0.368 e. The van der Waals surface area contributed by atoms with Gasteiger partial charge in [0.2, 0.25) is 0 Å². The van der Waals surface area contributed by atoms with Gasteiger partial charge in [0.15, 0.2) is 0 Å². The van der Waals surface area contributed by atoms with Crippen LogP contribution in [0.25, 0.3) is 5.78 Å². The van der Waals surface area contributed by atoms with Gasteiger partial charge in [-0.15, -0.1) is 0 Å². The van der Waals surface area contributed by atoms with Gasteiger partial charge in [0.1, 0.15) is 17.3 Å². The molecule has 0 amide bonds. The van der Waals surface area contributed by atoms with Crippen molar-refractivity contribution in [3.63, 3.8) is 0 Å². The number of halogens is 1. The highest BCUT2D eigenvalue weighted by atomic mass is 35.5. The number of fused-ring (bicyclic) bond motifs is 1. The van der Waals surface area contributed by atoms with Gasteiger partial charge in [0.25, 0.3) is 5.78 Å². The van der Waals surface area contributed by atoms with Gasteiger partial charge in [-0.1, -0.05) is 18.5 Å². The van der Waals surface area contributed by atoms with E-state index in [1.165, 1.54) is 19.2 Å². The van der Waals surface area contributed by atoms with E-state index in [-0.39, 0.29) is 0 Å². The minimum absolute atomic E-state index is 0.475. The molecule has 3 rings (SSSR count). The fourth-order valence-electron chi connectivity index (χ4n) is 2.46. The summed E-state index contributed by atoms with van der Waals surface area (Å²) in [5.41, 5.74) is 0.902. The number of hydrogen-bond acceptors (Lipinski definition) is 5. The molecule has 0 unspecified atom stereocenters. The molecule has 1 aliphatic rings. The van der Waals surface area contributed by atoms with Crippen LogP contribution in [0.5, 0.6) is 0 Å². The van der Waals surface area contributed by atoms with Crippen LogP contribution in [0.15, 0.2) is 6.33 Å². The Hall–Kier alpha value is -1.40. The highest BCUT2D eigenvalue weighted by Crippen LogP contribution is 2.26. The zero-order valence-electron chi connectivity index (χ0n) is 11.8. The maximum Gasteiger partial charge on any atom is 0.255 e. The van der Waals surface area contributed by atoms with Gasteiger partial charge in [-0.25, -0.2) is 0 Å². The Bertz CT molecular complexity index is 606. The van der Waals surface area contributed by atoms with Crippen molar-refractivity contribution >= 4 is 23.2 Å². The van der Waals surface area contributed by atoms with E-state index in [1.54, 1.807) is 4.52 Å². The first-order chi connectivity index (χ1) is 9.70. The summed E-state index contributed by atoms with van der Waals surface area (Å²) in [5, 5.41) is 8.09. The lowest BCUT2D eigenvalue weighted by molar-refractivity contribution is 0.289. The SMILES string of the molecule is CCN(CCNc1c(C)c(Cl)nc2ncnn12)C1CC1. The Labute approximate surface area is 123 Å². The number of nitrogens with one attached hydrogen (secondary N) is 1. The average molecular weight is 295 g/mol. The van der Waals surface area contributed by atoms with E-state index >= 15 is 0 Å². The van der Waals surface area contributed by atoms with Crippen LogP contribution in [0.1, 0.15) is 25.3 Å². The summed E-state index contributed by atoms with van der Waals surface area (Å²) >= 11 is 6.14. The number of rotatable bonds is 6. The molecule has 0 aliphatic heterocycles. The highest BCUT2D eigenvalue weighted by Gasteiger charge is 2.27. The molecule has 6 nitrogen and oxygen atoms in total. The summed E-state index contributed by atoms with van der Waals surface area (Å²) < 4.78 is 1.70. The van der Waals surface area contributed by atoms with Crippen LogP contribution in [0, 0.1) is 6.92 Å². The molecule has 1 N–H and O–H groups in total. The quantitative estimate of drug-likeness (QED) is 0.826. The monoisotopic (exact) mass is 294 g/mol. The van der Waals surface area contributed by atoms with E-state index in [4.69, 9.17) is 11.6 Å². The lowest BCUT2D eigenvalue weighted by Gasteiger charge is -2.20. The molecule has 0 spiro atoms. The summed E-state index contributed by atoms with van der Waals surface area (Å²) in [6.07, 6.45) is 4.16. The largest absolute Gasteiger partial charge is 0.368 e. The van der Waals surface area contributed by atoms with Crippen molar-refractivity contribution < 1.29 is 0 Å². The summed E-state index contributed by atoms with van der Waals surface area (Å²) in [6.45, 7) is 7.14. The van der Waals surface area contributed by atoms with Gasteiger partial charge >= 0.3 is 0 Å². The van der Waals surface area contributed by atoms with E-state index in [9.17, 15) is 0 Å². The zero-order valence-corrected chi connectivity index (χ0v) is 12.6. The van der Waals surface area contributed by atoms with Crippen LogP contribution in [0.3, 0.4) is 0 Å². The lowest BCUT2D eigenvalue weighted by atomic mass is 10.3. The van der Waals surface area contributed by atoms with Crippen molar-refractivity contribution in [2.24, 2.45) is 0 Å². The summed E-state index contributed by atoms with van der Waals surface area (Å²) in [5.74, 6) is 1.40. The molecule has 2 aromatic heterocycles. The molecule has 0 aromatic carbocycles. The Morgan fingerprint density at radius 3 is 3.00 bits per heavy atom. The van der Waals surface area contributed by atoms with Crippen molar-refractivity contribution in [3.8, 4) is 0 Å². The van der Waals surface area contributed by atoms with Gasteiger partial charge in [0.05, 0.1) is 0 Å². The summed E-state index contributed by atoms with van der Waals surface area (Å²) in [4.78, 5) is 10.8. The van der Waals surface area contributed by atoms with Gasteiger partial charge in [0, 0.05) is 24.7 Å². The predicted molar refractivity (Wildman–Crippen MR) is 79.3 cm³/mol. The average Bonchev–Trinajstić information content (AvgIpc) is 3.18. The summed E-state index contributed by atoms with van der Waals surface area (Å²) in [6, 6.07) is 0.787. The summed E-state index contributed by atoms with van der Waals surface area (Å²) in [7, 11) is 0. The van der Waals surface area contributed by atoms with Crippen molar-refractivity contribution in [2.75, 3.05) is 25.0 Å². The minimum atomic E-state index is 0.475. The first-order valence-electron chi connectivity index (χ1n) is 7.04. The molecule has 2 heterocycles. The second kappa shape index (κ2) is 5.54. The van der Waals surface area contributed by atoms with Gasteiger partial charge in [-0.3, -0.25) is 4.90 Å². The Morgan fingerprint density at radius 1 is 1.50 bits per heavy atom. The normalized spacial score (nSPS) is 15.2. The smallest absolute Gasteiger partial charge is 0.255 e. The van der Waals surface area contributed by atoms with Crippen molar-refractivity contribution in [3.05, 3.63) is 17.0 Å². The van der Waals surface area contributed by atoms with E-state index in [1.807, 2.05) is 6.92 Å². The van der Waals surface area contributed by atoms with Crippen molar-refractivity contribution in [1.82, 2.24) is 24.5 Å². The van der Waals surface area contributed by atoms with Crippen LogP contribution >= 0.6 is 11.6 Å². The van der Waals surface area contributed by atoms with Crippen LogP contribution in [-0.2, 0) is 0 Å². The van der Waals surface area contributed by atoms with Gasteiger partial charge in [-0.05, 0) is 26.3 Å². The Morgan fingerprint density at radius 2 is 2.30 bits per heavy atom. The number of nitrogens with zero attached hydrogens (tertiary/aromatic N) is 5. The molecular weight excluding hydrogens is 276 g/mol. The number of likely N-dealkylation sites (N-methyl/N-ethyl adjacent to an activating group) is 1. The molecule has 2 aromatic rings. The van der Waals surface area contributed by atoms with Crippen LogP contribution in [-0.4, -0.2) is 50.2 Å². The van der Waals surface area contributed by atoms with Crippen LogP contribution in [0.4, 0.5) is 5.82 Å². The third-order valence-corrected chi connectivity index (χ3v) is 4.13. The zero-order chi connectivity index (χ0) is 14.1. The molecule has 1 fully saturated rings. The molecule has 0 saturated heterocycles. The predicted octanol–water partition coefficient (Wildman–Crippen LogP) is 1.98. The number of hydrogen-bond donors (Lipinski definition) is 1. The molecule has 1 saturated carbocycles. The third kappa shape index (κ3) is 2.58. The Kier molecular flexibility index (Phi) is 3.76. The van der Waals surface area contributed by atoms with Gasteiger partial charge < -0.3 is 5.32 Å². The molecule has 0 radical (unpaired) electrons. The number of aromatic nitrogens is 4. The van der Waals surface area contributed by atoms with Crippen LogP contribution < -0.4 is 5.32 Å². The number of anilines is 1. The topological polar surface area (TPSA) is 58.3 Å². The molecule has 20 heavy (non-hydrogen) atoms. The lowest BCUT2D eigenvalue weighted by Crippen LogP contribution is -2.31. The maximum absolute atomic E-state index is 6.14. The third-order valence-electron chi connectivity index (χ3n) is 3.77. The molecule has 0 atom stereocenters. The van der Waals surface area contributed by atoms with Crippen LogP contribution in [0.2, 0.25) is 5.15 Å². The van der Waals surface area contributed by atoms with Crippen molar-refractivity contribution in [1.29, 1.82) is 0 Å². The molecule has 108 valence electrons. The van der Waals surface area contributed by atoms with Crippen molar-refractivity contribution in [2.45, 2.75) is 32.7 Å². The maximum atomic E-state index is 6.14. The first kappa shape index (κ1) is 13.6. The highest BCUT2D eigenvalue weighted by molar-refractivity contribution is 6.30. The standard InChI is InChI=1S/C13H19ClN6/c1-3-19(10-4-5-10)7-6-15-12-9(2)11(14)18-13-16-8-17-20(12)13/h8,10,15H,3-7H2,1-2H3. The molecule has 7 heteroatoms. The van der Waals surface area contributed by atoms with E-state index in [0.717, 1.165) is 37.1 Å². The van der Waals surface area contributed by atoms with E-state index in [2.05, 4.69) is 32.2 Å². The van der Waals surface area contributed by atoms with E-state index in [0.29, 0.717) is 10.9 Å². The second-order valence-electron chi connectivity index (χ2n) is 5.13. The fourth-order valence-corrected chi connectivity index (χ4v) is 2.63. The molecular formula is C13H19ClN6. The fraction of sp³-hybridized carbons (Fsp3) is 0.615. The second-order valence-corrected chi connectivity index (χ2v) is 5.49. The van der Waals surface area contributed by atoms with E-state index < -0.39 is 0 Å². The first-order valence-corrected chi connectivity index (χ1v) is 7.42. The van der Waals surface area contributed by atoms with Gasteiger partial charge in [-0.2, -0.15) is 19.6 Å². The molecule has 1 aliphatic carbocycles. The molecule has 0 bridgehead atoms.